The van der Waals surface area contributed by atoms with Crippen LogP contribution < -0.4 is 10.6 Å². The van der Waals surface area contributed by atoms with E-state index in [4.69, 9.17) is 0 Å². The number of fused-ring (bicyclic) bond motifs is 1. The van der Waals surface area contributed by atoms with Crippen LogP contribution in [-0.4, -0.2) is 17.7 Å². The summed E-state index contributed by atoms with van der Waals surface area (Å²) >= 11 is 1.54. The predicted molar refractivity (Wildman–Crippen MR) is 99.6 cm³/mol. The molecule has 2 aromatic carbocycles. The van der Waals surface area contributed by atoms with Crippen LogP contribution in [0.2, 0.25) is 0 Å². The highest BCUT2D eigenvalue weighted by molar-refractivity contribution is 7.19. The summed E-state index contributed by atoms with van der Waals surface area (Å²) in [6.45, 7) is 3.78. The SMILES string of the molecule is Cc1ccccc1NC(=O)NCC(C)(O)c1cc2ccccc2s1. The summed E-state index contributed by atoms with van der Waals surface area (Å²) in [4.78, 5) is 12.9. The molecule has 0 radical (unpaired) electrons. The maximum absolute atomic E-state index is 12.1. The first kappa shape index (κ1) is 16.5. The average molecular weight is 340 g/mol. The molecule has 24 heavy (non-hydrogen) atoms. The highest BCUT2D eigenvalue weighted by Crippen LogP contribution is 2.32. The number of urea groups is 1. The van der Waals surface area contributed by atoms with E-state index in [9.17, 15) is 9.90 Å². The first-order chi connectivity index (χ1) is 11.5. The lowest BCUT2D eigenvalue weighted by Gasteiger charge is -2.22. The minimum Gasteiger partial charge on any atom is -0.383 e. The molecular formula is C19H20N2O2S. The normalized spacial score (nSPS) is 13.5. The molecule has 0 bridgehead atoms. The minimum absolute atomic E-state index is 0.136. The predicted octanol–water partition coefficient (Wildman–Crippen LogP) is 4.24. The number of carbonyl (C=O) groups excluding carboxylic acids is 1. The molecule has 1 heterocycles. The van der Waals surface area contributed by atoms with Crippen LogP contribution in [0.5, 0.6) is 0 Å². The van der Waals surface area contributed by atoms with Gasteiger partial charge < -0.3 is 15.7 Å². The Morgan fingerprint density at radius 1 is 1.17 bits per heavy atom. The second-order valence-corrected chi connectivity index (χ2v) is 7.13. The molecule has 0 aliphatic carbocycles. The number of hydrogen-bond donors (Lipinski definition) is 3. The Balaban J connectivity index is 1.66. The number of aryl methyl sites for hydroxylation is 1. The Morgan fingerprint density at radius 3 is 2.62 bits per heavy atom. The summed E-state index contributed by atoms with van der Waals surface area (Å²) in [6.07, 6.45) is 0. The second-order valence-electron chi connectivity index (χ2n) is 6.04. The molecule has 2 amide bonds. The van der Waals surface area contributed by atoms with Gasteiger partial charge in [-0.05, 0) is 43.0 Å². The zero-order chi connectivity index (χ0) is 17.2. The molecule has 1 aromatic heterocycles. The zero-order valence-electron chi connectivity index (χ0n) is 13.7. The van der Waals surface area contributed by atoms with Crippen LogP contribution in [0.4, 0.5) is 10.5 Å². The lowest BCUT2D eigenvalue weighted by molar-refractivity contribution is 0.0638. The lowest BCUT2D eigenvalue weighted by atomic mass is 10.0. The van der Waals surface area contributed by atoms with E-state index in [2.05, 4.69) is 10.6 Å². The topological polar surface area (TPSA) is 61.4 Å². The van der Waals surface area contributed by atoms with Gasteiger partial charge in [0, 0.05) is 15.3 Å². The fourth-order valence-electron chi connectivity index (χ4n) is 2.47. The molecule has 0 aliphatic rings. The van der Waals surface area contributed by atoms with Crippen molar-refractivity contribution < 1.29 is 9.90 Å². The number of aliphatic hydroxyl groups is 1. The first-order valence-corrected chi connectivity index (χ1v) is 8.59. The third-order valence-electron chi connectivity index (χ3n) is 3.94. The van der Waals surface area contributed by atoms with Gasteiger partial charge in [-0.3, -0.25) is 0 Å². The van der Waals surface area contributed by atoms with E-state index in [1.807, 2.05) is 61.5 Å². The van der Waals surface area contributed by atoms with Gasteiger partial charge in [-0.1, -0.05) is 36.4 Å². The lowest BCUT2D eigenvalue weighted by Crippen LogP contribution is -2.40. The number of thiophene rings is 1. The van der Waals surface area contributed by atoms with Crippen LogP contribution in [0.3, 0.4) is 0 Å². The molecule has 0 saturated heterocycles. The van der Waals surface area contributed by atoms with Crippen molar-refractivity contribution in [2.75, 3.05) is 11.9 Å². The van der Waals surface area contributed by atoms with Gasteiger partial charge >= 0.3 is 6.03 Å². The monoisotopic (exact) mass is 340 g/mol. The number of rotatable bonds is 4. The third kappa shape index (κ3) is 3.58. The van der Waals surface area contributed by atoms with Crippen molar-refractivity contribution in [3.05, 3.63) is 65.0 Å². The molecule has 3 N–H and O–H groups in total. The Morgan fingerprint density at radius 2 is 1.88 bits per heavy atom. The molecule has 1 atom stereocenters. The number of amides is 2. The number of hydrogen-bond acceptors (Lipinski definition) is 3. The fourth-order valence-corrected chi connectivity index (χ4v) is 3.57. The van der Waals surface area contributed by atoms with Gasteiger partial charge in [0.15, 0.2) is 0 Å². The van der Waals surface area contributed by atoms with Gasteiger partial charge in [-0.2, -0.15) is 0 Å². The number of para-hydroxylation sites is 1. The molecule has 4 nitrogen and oxygen atoms in total. The molecule has 124 valence electrons. The number of anilines is 1. The van der Waals surface area contributed by atoms with E-state index in [1.54, 1.807) is 18.3 Å². The van der Waals surface area contributed by atoms with E-state index in [1.165, 1.54) is 0 Å². The molecule has 3 rings (SSSR count). The first-order valence-electron chi connectivity index (χ1n) is 7.78. The van der Waals surface area contributed by atoms with Gasteiger partial charge in [0.1, 0.15) is 5.60 Å². The summed E-state index contributed by atoms with van der Waals surface area (Å²) < 4.78 is 1.12. The quantitative estimate of drug-likeness (QED) is 0.665. The largest absolute Gasteiger partial charge is 0.383 e. The van der Waals surface area contributed by atoms with Gasteiger partial charge in [-0.15, -0.1) is 11.3 Å². The summed E-state index contributed by atoms with van der Waals surface area (Å²) in [5, 5.41) is 17.4. The van der Waals surface area contributed by atoms with E-state index in [0.29, 0.717) is 0 Å². The van der Waals surface area contributed by atoms with Crippen molar-refractivity contribution in [2.45, 2.75) is 19.4 Å². The number of nitrogens with one attached hydrogen (secondary N) is 2. The van der Waals surface area contributed by atoms with Crippen molar-refractivity contribution in [2.24, 2.45) is 0 Å². The molecule has 0 saturated carbocycles. The van der Waals surface area contributed by atoms with E-state index in [0.717, 1.165) is 26.2 Å². The van der Waals surface area contributed by atoms with Crippen molar-refractivity contribution in [3.63, 3.8) is 0 Å². The Kier molecular flexibility index (Phi) is 4.55. The molecule has 0 fully saturated rings. The molecule has 3 aromatic rings. The van der Waals surface area contributed by atoms with Crippen molar-refractivity contribution in [1.82, 2.24) is 5.32 Å². The average Bonchev–Trinajstić information content (AvgIpc) is 3.00. The zero-order valence-corrected chi connectivity index (χ0v) is 14.5. The smallest absolute Gasteiger partial charge is 0.319 e. The standard InChI is InChI=1S/C19H20N2O2S/c1-13-7-3-5-9-15(13)21-18(22)20-12-19(2,23)17-11-14-8-4-6-10-16(14)24-17/h3-11,23H,12H2,1-2H3,(H2,20,21,22). The summed E-state index contributed by atoms with van der Waals surface area (Å²) in [5.74, 6) is 0. The van der Waals surface area contributed by atoms with Crippen LogP contribution in [0, 0.1) is 6.92 Å². The summed E-state index contributed by atoms with van der Waals surface area (Å²) in [7, 11) is 0. The molecule has 5 heteroatoms. The van der Waals surface area contributed by atoms with Gasteiger partial charge in [0.05, 0.1) is 6.54 Å². The van der Waals surface area contributed by atoms with Crippen molar-refractivity contribution in [3.8, 4) is 0 Å². The fraction of sp³-hybridized carbons (Fsp3) is 0.211. The molecule has 0 spiro atoms. The Bertz CT molecular complexity index is 837. The maximum Gasteiger partial charge on any atom is 0.319 e. The number of benzene rings is 2. The van der Waals surface area contributed by atoms with E-state index >= 15 is 0 Å². The van der Waals surface area contributed by atoms with E-state index < -0.39 is 5.60 Å². The van der Waals surface area contributed by atoms with Crippen LogP contribution in [0.25, 0.3) is 10.1 Å². The van der Waals surface area contributed by atoms with Gasteiger partial charge in [0.2, 0.25) is 0 Å². The molecular weight excluding hydrogens is 320 g/mol. The van der Waals surface area contributed by atoms with Crippen LogP contribution in [-0.2, 0) is 5.60 Å². The van der Waals surface area contributed by atoms with E-state index in [-0.39, 0.29) is 12.6 Å². The second kappa shape index (κ2) is 6.63. The third-order valence-corrected chi connectivity index (χ3v) is 5.31. The number of carbonyl (C=O) groups is 1. The van der Waals surface area contributed by atoms with Gasteiger partial charge in [0.25, 0.3) is 0 Å². The Labute approximate surface area is 145 Å². The summed E-state index contributed by atoms with van der Waals surface area (Å²) in [5.41, 5.74) is 0.632. The highest BCUT2D eigenvalue weighted by atomic mass is 32.1. The summed E-state index contributed by atoms with van der Waals surface area (Å²) in [6, 6.07) is 17.2. The van der Waals surface area contributed by atoms with Crippen LogP contribution in [0.1, 0.15) is 17.4 Å². The molecule has 0 aliphatic heterocycles. The van der Waals surface area contributed by atoms with Crippen LogP contribution >= 0.6 is 11.3 Å². The van der Waals surface area contributed by atoms with Crippen LogP contribution in [0.15, 0.2) is 54.6 Å². The minimum atomic E-state index is -1.12. The Hall–Kier alpha value is -2.37. The highest BCUT2D eigenvalue weighted by Gasteiger charge is 2.26. The van der Waals surface area contributed by atoms with Gasteiger partial charge in [-0.25, -0.2) is 4.79 Å². The maximum atomic E-state index is 12.1. The van der Waals surface area contributed by atoms with Crippen molar-refractivity contribution in [1.29, 1.82) is 0 Å². The van der Waals surface area contributed by atoms with Crippen molar-refractivity contribution >= 4 is 33.1 Å². The molecule has 1 unspecified atom stereocenters.